The zero-order valence-electron chi connectivity index (χ0n) is 15.4. The minimum Gasteiger partial charge on any atom is -0.395 e. The smallest absolute Gasteiger partial charge is 0.289 e. The van der Waals surface area contributed by atoms with Crippen LogP contribution < -0.4 is 4.72 Å². The zero-order chi connectivity index (χ0) is 22.3. The average Bonchev–Trinajstić information content (AvgIpc) is 2.72. The Hall–Kier alpha value is -2.54. The molecule has 0 aliphatic carbocycles. The Morgan fingerprint density at radius 3 is 2.43 bits per heavy atom. The minimum atomic E-state index is -4.44. The van der Waals surface area contributed by atoms with E-state index >= 15 is 0 Å². The zero-order valence-corrected chi connectivity index (χ0v) is 17.8. The van der Waals surface area contributed by atoms with Gasteiger partial charge >= 0.3 is 0 Å². The first-order valence-electron chi connectivity index (χ1n) is 8.52. The lowest BCUT2D eigenvalue weighted by Crippen LogP contribution is -2.46. The average molecular weight is 500 g/mol. The third-order valence-electron chi connectivity index (χ3n) is 4.29. The molecule has 11 nitrogen and oxygen atoms in total. The number of nitro benzene ring substituents is 1. The van der Waals surface area contributed by atoms with E-state index in [0.717, 1.165) is 16.6 Å². The number of sulfonamides is 1. The molecule has 2 aromatic rings. The van der Waals surface area contributed by atoms with Crippen LogP contribution in [0.5, 0.6) is 0 Å². The lowest BCUT2D eigenvalue weighted by Gasteiger charge is -2.30. The van der Waals surface area contributed by atoms with Crippen LogP contribution in [0, 0.1) is 10.1 Å². The molecule has 0 radical (unpaired) electrons. The molecule has 0 amide bonds. The fourth-order valence-electron chi connectivity index (χ4n) is 2.96. The molecule has 3 N–H and O–H groups in total. The third-order valence-corrected chi connectivity index (χ3v) is 6.36. The van der Waals surface area contributed by atoms with E-state index in [4.69, 9.17) is 5.53 Å². The summed E-state index contributed by atoms with van der Waals surface area (Å²) in [6.45, 7) is -1.10. The topological polar surface area (TPSA) is 179 Å². The van der Waals surface area contributed by atoms with Gasteiger partial charge in [-0.25, -0.2) is 13.1 Å². The van der Waals surface area contributed by atoms with Crippen molar-refractivity contribution in [1.29, 1.82) is 0 Å². The van der Waals surface area contributed by atoms with Gasteiger partial charge in [-0.1, -0.05) is 45.3 Å². The van der Waals surface area contributed by atoms with Crippen LogP contribution >= 0.6 is 15.9 Å². The molecule has 2 rings (SSSR count). The van der Waals surface area contributed by atoms with E-state index in [-0.39, 0.29) is 6.54 Å². The lowest BCUT2D eigenvalue weighted by molar-refractivity contribution is -0.387. The molecule has 0 unspecified atom stereocenters. The first-order valence-corrected chi connectivity index (χ1v) is 10.8. The number of hydrogen-bond acceptors (Lipinski definition) is 7. The Balaban J connectivity index is 2.47. The second kappa shape index (κ2) is 10.5. The van der Waals surface area contributed by atoms with Gasteiger partial charge in [0.05, 0.1) is 30.2 Å². The summed E-state index contributed by atoms with van der Waals surface area (Å²) in [6, 6.07) is 10.0. The number of azide groups is 1. The summed E-state index contributed by atoms with van der Waals surface area (Å²) < 4.78 is 28.7. The van der Waals surface area contributed by atoms with Gasteiger partial charge in [0.25, 0.3) is 5.69 Å². The molecule has 0 saturated heterocycles. The van der Waals surface area contributed by atoms with Crippen LogP contribution in [0.1, 0.15) is 11.5 Å². The molecule has 0 heterocycles. The summed E-state index contributed by atoms with van der Waals surface area (Å²) in [5.74, 6) is -1.01. The van der Waals surface area contributed by atoms with Crippen molar-refractivity contribution in [2.24, 2.45) is 5.11 Å². The molecule has 0 fully saturated rings. The second-order valence-electron chi connectivity index (χ2n) is 6.19. The molecule has 0 aliphatic rings. The molecule has 160 valence electrons. The Labute approximate surface area is 180 Å². The summed E-state index contributed by atoms with van der Waals surface area (Å²) in [4.78, 5) is 12.4. The summed E-state index contributed by atoms with van der Waals surface area (Å²) in [6.07, 6.45) is -1.34. The van der Waals surface area contributed by atoms with Gasteiger partial charge in [0, 0.05) is 21.4 Å². The van der Waals surface area contributed by atoms with Crippen molar-refractivity contribution >= 4 is 31.6 Å². The summed E-state index contributed by atoms with van der Waals surface area (Å²) >= 11 is 3.27. The maximum Gasteiger partial charge on any atom is 0.289 e. The summed E-state index contributed by atoms with van der Waals surface area (Å²) in [5.41, 5.74) is 8.37. The van der Waals surface area contributed by atoms with Crippen LogP contribution in [0.15, 0.2) is 63.0 Å². The SMILES string of the molecule is [N-]=[N+]=NC[C@@H](O)[C@@H](c1ccc(Br)cc1)[C@@H](CO)NS(=O)(=O)c1ccccc1[N+](=O)[O-]. The van der Waals surface area contributed by atoms with Crippen molar-refractivity contribution in [3.8, 4) is 0 Å². The van der Waals surface area contributed by atoms with E-state index in [2.05, 4.69) is 30.7 Å². The highest BCUT2D eigenvalue weighted by Crippen LogP contribution is 2.29. The number of rotatable bonds is 10. The number of nitro groups is 1. The summed E-state index contributed by atoms with van der Waals surface area (Å²) in [5, 5.41) is 35.0. The number of nitrogens with one attached hydrogen (secondary N) is 1. The van der Waals surface area contributed by atoms with Crippen molar-refractivity contribution < 1.29 is 23.6 Å². The van der Waals surface area contributed by atoms with E-state index in [1.54, 1.807) is 24.3 Å². The van der Waals surface area contributed by atoms with Crippen molar-refractivity contribution in [3.63, 3.8) is 0 Å². The van der Waals surface area contributed by atoms with Crippen LogP contribution in [-0.4, -0.2) is 48.9 Å². The Kier molecular flexibility index (Phi) is 8.29. The molecular weight excluding hydrogens is 482 g/mol. The predicted octanol–water partition coefficient (Wildman–Crippen LogP) is 2.45. The van der Waals surface area contributed by atoms with Crippen molar-refractivity contribution in [2.45, 2.75) is 23.0 Å². The Morgan fingerprint density at radius 2 is 1.87 bits per heavy atom. The maximum absolute atomic E-state index is 12.9. The molecule has 0 bridgehead atoms. The maximum atomic E-state index is 12.9. The van der Waals surface area contributed by atoms with Gasteiger partial charge in [-0.15, -0.1) is 0 Å². The van der Waals surface area contributed by atoms with E-state index in [0.29, 0.717) is 5.56 Å². The molecular formula is C17H18BrN5O6S. The van der Waals surface area contributed by atoms with Crippen LogP contribution in [0.4, 0.5) is 5.69 Å². The fraction of sp³-hybridized carbons (Fsp3) is 0.294. The number of aliphatic hydroxyl groups excluding tert-OH is 2. The Morgan fingerprint density at radius 1 is 1.23 bits per heavy atom. The molecule has 3 atom stereocenters. The van der Waals surface area contributed by atoms with Gasteiger partial charge in [0.2, 0.25) is 10.0 Å². The van der Waals surface area contributed by atoms with E-state index in [1.807, 2.05) is 0 Å². The molecule has 0 saturated carbocycles. The van der Waals surface area contributed by atoms with Gasteiger partial charge in [-0.05, 0) is 29.3 Å². The van der Waals surface area contributed by atoms with E-state index in [9.17, 15) is 28.7 Å². The van der Waals surface area contributed by atoms with Crippen molar-refractivity contribution in [3.05, 3.63) is 79.1 Å². The van der Waals surface area contributed by atoms with Gasteiger partial charge < -0.3 is 10.2 Å². The standard InChI is InChI=1S/C17H18BrN5O6S/c18-12-7-5-11(6-8-12)17(15(25)9-20-22-19)13(10-24)21-30(28,29)16-4-2-1-3-14(16)23(26)27/h1-8,13,15,17,21,24-25H,9-10H2/t13-,15-,17+/m1/s1. The lowest BCUT2D eigenvalue weighted by atomic mass is 9.87. The largest absolute Gasteiger partial charge is 0.395 e. The second-order valence-corrected chi connectivity index (χ2v) is 8.79. The van der Waals surface area contributed by atoms with E-state index in [1.165, 1.54) is 12.1 Å². The van der Waals surface area contributed by atoms with Gasteiger partial charge in [-0.2, -0.15) is 0 Å². The molecule has 2 aromatic carbocycles. The van der Waals surface area contributed by atoms with Crippen LogP contribution in [0.3, 0.4) is 0 Å². The van der Waals surface area contributed by atoms with Crippen LogP contribution in [0.2, 0.25) is 0 Å². The van der Waals surface area contributed by atoms with Crippen LogP contribution in [-0.2, 0) is 10.0 Å². The van der Waals surface area contributed by atoms with Crippen molar-refractivity contribution in [1.82, 2.24) is 4.72 Å². The highest BCUT2D eigenvalue weighted by Gasteiger charge is 2.35. The molecule has 0 aromatic heterocycles. The number of benzene rings is 2. The molecule has 30 heavy (non-hydrogen) atoms. The monoisotopic (exact) mass is 499 g/mol. The number of aliphatic hydroxyl groups is 2. The predicted molar refractivity (Wildman–Crippen MR) is 111 cm³/mol. The first-order chi connectivity index (χ1) is 14.2. The Bertz CT molecular complexity index is 1040. The van der Waals surface area contributed by atoms with Gasteiger partial charge in [0.15, 0.2) is 4.90 Å². The quantitative estimate of drug-likeness (QED) is 0.148. The highest BCUT2D eigenvalue weighted by molar-refractivity contribution is 9.10. The molecule has 0 spiro atoms. The highest BCUT2D eigenvalue weighted by atomic mass is 79.9. The third kappa shape index (κ3) is 5.75. The van der Waals surface area contributed by atoms with Crippen LogP contribution in [0.25, 0.3) is 10.4 Å². The summed E-state index contributed by atoms with van der Waals surface area (Å²) in [7, 11) is -4.44. The number of hydrogen-bond donors (Lipinski definition) is 3. The van der Waals surface area contributed by atoms with Crippen molar-refractivity contribution in [2.75, 3.05) is 13.2 Å². The molecule has 0 aliphatic heterocycles. The number of halogens is 1. The number of nitrogens with zero attached hydrogens (tertiary/aromatic N) is 4. The number of para-hydroxylation sites is 1. The first kappa shape index (κ1) is 23.7. The fourth-order valence-corrected chi connectivity index (χ4v) is 4.65. The molecule has 13 heteroatoms. The normalized spacial score (nSPS) is 14.4. The van der Waals surface area contributed by atoms with Gasteiger partial charge in [0.1, 0.15) is 0 Å². The van der Waals surface area contributed by atoms with E-state index < -0.39 is 50.2 Å². The van der Waals surface area contributed by atoms with Gasteiger partial charge in [-0.3, -0.25) is 10.1 Å². The minimum absolute atomic E-state index is 0.374.